The molecule has 1 fully saturated rings. The van der Waals surface area contributed by atoms with Gasteiger partial charge in [0.25, 0.3) is 11.7 Å². The first kappa shape index (κ1) is 28.1. The van der Waals surface area contributed by atoms with Gasteiger partial charge in [-0.3, -0.25) is 9.59 Å². The van der Waals surface area contributed by atoms with Crippen molar-refractivity contribution in [3.8, 4) is 17.2 Å². The van der Waals surface area contributed by atoms with E-state index in [1.54, 1.807) is 44.4 Å². The van der Waals surface area contributed by atoms with Gasteiger partial charge >= 0.3 is 0 Å². The lowest BCUT2D eigenvalue weighted by atomic mass is 9.84. The summed E-state index contributed by atoms with van der Waals surface area (Å²) in [6.07, 6.45) is 0.508. The average molecular weight is 512 g/mol. The third-order valence-corrected chi connectivity index (χ3v) is 6.25. The molecule has 0 aliphatic carbocycles. The second-order valence-electron chi connectivity index (χ2n) is 9.89. The third kappa shape index (κ3) is 5.91. The molecule has 1 aliphatic rings. The van der Waals surface area contributed by atoms with E-state index < -0.39 is 17.7 Å². The van der Waals surface area contributed by atoms with E-state index in [1.165, 1.54) is 11.0 Å². The molecule has 200 valence electrons. The summed E-state index contributed by atoms with van der Waals surface area (Å²) < 4.78 is 16.5. The van der Waals surface area contributed by atoms with Crippen molar-refractivity contribution >= 4 is 17.4 Å². The number of likely N-dealkylation sites (tertiary alicyclic amines) is 1. The largest absolute Gasteiger partial charge is 0.507 e. The second-order valence-corrected chi connectivity index (χ2v) is 9.89. The lowest BCUT2D eigenvalue weighted by Crippen LogP contribution is -2.31. The number of phenols is 1. The fourth-order valence-corrected chi connectivity index (χ4v) is 4.51. The van der Waals surface area contributed by atoms with Gasteiger partial charge in [-0.05, 0) is 61.6 Å². The molecule has 2 aromatic rings. The number of methoxy groups -OCH3 is 1. The molecule has 37 heavy (non-hydrogen) atoms. The van der Waals surface area contributed by atoms with Crippen molar-refractivity contribution in [3.63, 3.8) is 0 Å². The van der Waals surface area contributed by atoms with E-state index in [4.69, 9.17) is 14.2 Å². The van der Waals surface area contributed by atoms with Gasteiger partial charge in [0, 0.05) is 31.4 Å². The van der Waals surface area contributed by atoms with E-state index >= 15 is 0 Å². The first-order chi connectivity index (χ1) is 17.5. The number of aromatic hydroxyl groups is 1. The number of amides is 1. The molecule has 1 heterocycles. The predicted molar refractivity (Wildman–Crippen MR) is 141 cm³/mol. The highest BCUT2D eigenvalue weighted by Gasteiger charge is 2.46. The van der Waals surface area contributed by atoms with Crippen LogP contribution in [-0.2, 0) is 19.7 Å². The normalized spacial score (nSPS) is 17.4. The summed E-state index contributed by atoms with van der Waals surface area (Å²) in [6.45, 7) is 11.3. The van der Waals surface area contributed by atoms with E-state index in [0.29, 0.717) is 43.1 Å². The number of carbonyl (C=O) groups excluding carboxylic acids is 2. The first-order valence-corrected chi connectivity index (χ1v) is 12.6. The van der Waals surface area contributed by atoms with Crippen LogP contribution in [0.1, 0.15) is 63.8 Å². The minimum Gasteiger partial charge on any atom is -0.507 e. The van der Waals surface area contributed by atoms with Crippen LogP contribution in [0.4, 0.5) is 0 Å². The van der Waals surface area contributed by atoms with Crippen molar-refractivity contribution < 1.29 is 34.0 Å². The molecule has 1 unspecified atom stereocenters. The van der Waals surface area contributed by atoms with Gasteiger partial charge in [0.2, 0.25) is 0 Å². The molecule has 1 aliphatic heterocycles. The van der Waals surface area contributed by atoms with Gasteiger partial charge in [-0.25, -0.2) is 0 Å². The summed E-state index contributed by atoms with van der Waals surface area (Å²) in [6, 6.07) is 9.10. The van der Waals surface area contributed by atoms with E-state index in [-0.39, 0.29) is 34.8 Å². The van der Waals surface area contributed by atoms with Crippen LogP contribution in [0.3, 0.4) is 0 Å². The van der Waals surface area contributed by atoms with E-state index in [9.17, 15) is 19.8 Å². The molecule has 0 radical (unpaired) electrons. The predicted octanol–water partition coefficient (Wildman–Crippen LogP) is 4.95. The Labute approximate surface area is 218 Å². The standard InChI is InChI=1S/C29H37NO7/c1-7-36-22-13-11-19(16-20(22)29(3,4)5)26(32)24-25(18-10-12-21(31)23(17-18)37-8-2)30(14-9-15-35-6)28(34)27(24)33/h10-13,16-17,25,31-32H,7-9,14-15H2,1-6H3/b26-24+. The average Bonchev–Trinajstić information content (AvgIpc) is 3.10. The van der Waals surface area contributed by atoms with Crippen molar-refractivity contribution in [3.05, 3.63) is 58.7 Å². The molecule has 8 nitrogen and oxygen atoms in total. The summed E-state index contributed by atoms with van der Waals surface area (Å²) in [5, 5.41) is 21.7. The lowest BCUT2D eigenvalue weighted by molar-refractivity contribution is -0.140. The number of rotatable bonds is 10. The van der Waals surface area contributed by atoms with Crippen molar-refractivity contribution in [2.24, 2.45) is 0 Å². The number of aliphatic hydroxyl groups is 1. The zero-order chi connectivity index (χ0) is 27.3. The van der Waals surface area contributed by atoms with E-state index in [0.717, 1.165) is 5.56 Å². The Morgan fingerprint density at radius 2 is 1.68 bits per heavy atom. The van der Waals surface area contributed by atoms with Gasteiger partial charge in [-0.2, -0.15) is 0 Å². The van der Waals surface area contributed by atoms with Crippen LogP contribution in [0.2, 0.25) is 0 Å². The summed E-state index contributed by atoms with van der Waals surface area (Å²) >= 11 is 0. The minimum absolute atomic E-state index is 0.0143. The van der Waals surface area contributed by atoms with Gasteiger partial charge in [0.1, 0.15) is 11.5 Å². The van der Waals surface area contributed by atoms with Crippen LogP contribution in [-0.4, -0.2) is 60.3 Å². The molecule has 0 bridgehead atoms. The van der Waals surface area contributed by atoms with Crippen molar-refractivity contribution in [2.75, 3.05) is 33.5 Å². The molecule has 1 saturated heterocycles. The highest BCUT2D eigenvalue weighted by atomic mass is 16.5. The summed E-state index contributed by atoms with van der Waals surface area (Å²) in [7, 11) is 1.57. The molecule has 0 spiro atoms. The number of hydrogen-bond acceptors (Lipinski definition) is 7. The molecule has 0 saturated carbocycles. The van der Waals surface area contributed by atoms with Crippen LogP contribution >= 0.6 is 0 Å². The Kier molecular flexibility index (Phi) is 8.86. The Balaban J connectivity index is 2.21. The Morgan fingerprint density at radius 3 is 2.30 bits per heavy atom. The quantitative estimate of drug-likeness (QED) is 0.201. The Hall–Kier alpha value is -3.52. The van der Waals surface area contributed by atoms with Crippen molar-refractivity contribution in [1.82, 2.24) is 4.90 Å². The van der Waals surface area contributed by atoms with Crippen LogP contribution in [0, 0.1) is 0 Å². The SMILES string of the molecule is CCOc1cc(C2/C(=C(\O)c3ccc(OCC)c(C(C)(C)C)c3)C(=O)C(=O)N2CCCOC)ccc1O. The van der Waals surface area contributed by atoms with Crippen LogP contribution in [0.5, 0.6) is 17.2 Å². The lowest BCUT2D eigenvalue weighted by Gasteiger charge is -2.26. The molecule has 0 aromatic heterocycles. The third-order valence-electron chi connectivity index (χ3n) is 6.25. The maximum Gasteiger partial charge on any atom is 0.295 e. The van der Waals surface area contributed by atoms with Gasteiger partial charge in [-0.1, -0.05) is 26.8 Å². The van der Waals surface area contributed by atoms with Crippen molar-refractivity contribution in [1.29, 1.82) is 0 Å². The summed E-state index contributed by atoms with van der Waals surface area (Å²) in [4.78, 5) is 27.9. The van der Waals surface area contributed by atoms with Gasteiger partial charge in [-0.15, -0.1) is 0 Å². The summed E-state index contributed by atoms with van der Waals surface area (Å²) in [5.74, 6) is -0.852. The number of carbonyl (C=O) groups is 2. The molecule has 1 atom stereocenters. The zero-order valence-electron chi connectivity index (χ0n) is 22.5. The number of nitrogens with zero attached hydrogens (tertiary/aromatic N) is 1. The Bertz CT molecular complexity index is 1180. The molecular formula is C29H37NO7. The van der Waals surface area contributed by atoms with Crippen LogP contribution < -0.4 is 9.47 Å². The monoisotopic (exact) mass is 511 g/mol. The minimum atomic E-state index is -0.860. The van der Waals surface area contributed by atoms with Gasteiger partial charge in [0.15, 0.2) is 11.5 Å². The molecular weight excluding hydrogens is 474 g/mol. The van der Waals surface area contributed by atoms with Crippen LogP contribution in [0.15, 0.2) is 42.0 Å². The molecule has 8 heteroatoms. The highest BCUT2D eigenvalue weighted by molar-refractivity contribution is 6.46. The number of benzene rings is 2. The maximum atomic E-state index is 13.3. The van der Waals surface area contributed by atoms with Gasteiger partial charge < -0.3 is 29.3 Å². The highest BCUT2D eigenvalue weighted by Crippen LogP contribution is 2.43. The molecule has 2 aromatic carbocycles. The van der Waals surface area contributed by atoms with Crippen molar-refractivity contribution in [2.45, 2.75) is 52.5 Å². The molecule has 3 rings (SSSR count). The zero-order valence-corrected chi connectivity index (χ0v) is 22.5. The number of ketones is 1. The smallest absolute Gasteiger partial charge is 0.295 e. The molecule has 1 amide bonds. The number of hydrogen-bond donors (Lipinski definition) is 2. The van der Waals surface area contributed by atoms with E-state index in [2.05, 4.69) is 0 Å². The van der Waals surface area contributed by atoms with E-state index in [1.807, 2.05) is 27.7 Å². The number of phenolic OH excluding ortho intramolecular Hbond substituents is 1. The second kappa shape index (κ2) is 11.7. The number of aliphatic hydroxyl groups excluding tert-OH is 1. The maximum absolute atomic E-state index is 13.3. The number of Topliss-reactive ketones (excluding diaryl/α,β-unsaturated/α-hetero) is 1. The fraction of sp³-hybridized carbons (Fsp3) is 0.448. The first-order valence-electron chi connectivity index (χ1n) is 12.6. The fourth-order valence-electron chi connectivity index (χ4n) is 4.51. The Morgan fingerprint density at radius 1 is 1.00 bits per heavy atom. The summed E-state index contributed by atoms with van der Waals surface area (Å²) in [5.41, 5.74) is 1.52. The molecule has 2 N–H and O–H groups in total. The number of ether oxygens (including phenoxy) is 3. The van der Waals surface area contributed by atoms with Crippen LogP contribution in [0.25, 0.3) is 5.76 Å². The topological polar surface area (TPSA) is 106 Å². The van der Waals surface area contributed by atoms with Gasteiger partial charge in [0.05, 0.1) is 24.8 Å².